The average molecular weight is 196 g/mol. The topological polar surface area (TPSA) is 57.4 Å². The molecule has 0 bridgehead atoms. The summed E-state index contributed by atoms with van der Waals surface area (Å²) in [6.07, 6.45) is 3.09. The molecular formula is C6H4N4S2. The van der Waals surface area contributed by atoms with Crippen LogP contribution < -0.4 is 0 Å². The largest absolute Gasteiger partial charge is 0.340 e. The third kappa shape index (κ3) is 1.15. The number of nitrogens with zero attached hydrogens (tertiary/aromatic N) is 2. The SMILES string of the molecule is S=c1[nH]c2cncnc2[nH]c1=S. The summed E-state index contributed by atoms with van der Waals surface area (Å²) in [6.45, 7) is 0. The molecule has 6 heteroatoms. The molecule has 2 N–H and O–H groups in total. The number of aromatic amines is 2. The van der Waals surface area contributed by atoms with E-state index in [2.05, 4.69) is 19.9 Å². The lowest BCUT2D eigenvalue weighted by atomic mass is 10.5. The second-order valence-corrected chi connectivity index (χ2v) is 3.01. The summed E-state index contributed by atoms with van der Waals surface area (Å²) >= 11 is 9.86. The quantitative estimate of drug-likeness (QED) is 0.630. The van der Waals surface area contributed by atoms with Crippen molar-refractivity contribution in [2.75, 3.05) is 0 Å². The Morgan fingerprint density at radius 3 is 2.75 bits per heavy atom. The normalized spacial score (nSPS) is 10.3. The van der Waals surface area contributed by atoms with Gasteiger partial charge in [-0.3, -0.25) is 0 Å². The number of nitrogens with one attached hydrogen (secondary N) is 2. The zero-order valence-corrected chi connectivity index (χ0v) is 7.50. The maximum Gasteiger partial charge on any atom is 0.158 e. The van der Waals surface area contributed by atoms with E-state index in [9.17, 15) is 0 Å². The van der Waals surface area contributed by atoms with E-state index in [1.54, 1.807) is 6.20 Å². The van der Waals surface area contributed by atoms with Crippen LogP contribution in [0.25, 0.3) is 11.2 Å². The van der Waals surface area contributed by atoms with E-state index in [4.69, 9.17) is 24.4 Å². The first kappa shape index (κ1) is 7.51. The van der Waals surface area contributed by atoms with Crippen molar-refractivity contribution in [2.24, 2.45) is 0 Å². The Balaban J connectivity index is 3.03. The highest BCUT2D eigenvalue weighted by atomic mass is 32.1. The van der Waals surface area contributed by atoms with Gasteiger partial charge >= 0.3 is 0 Å². The first-order chi connectivity index (χ1) is 5.77. The Bertz CT molecular complexity index is 478. The predicted octanol–water partition coefficient (Wildman–Crippen LogP) is 1.74. The fraction of sp³-hybridized carbons (Fsp3) is 0. The van der Waals surface area contributed by atoms with Gasteiger partial charge in [-0.1, -0.05) is 24.4 Å². The van der Waals surface area contributed by atoms with Gasteiger partial charge in [-0.05, 0) is 0 Å². The second kappa shape index (κ2) is 2.72. The molecule has 0 atom stereocenters. The molecule has 0 aromatic carbocycles. The summed E-state index contributed by atoms with van der Waals surface area (Å²) in [5.74, 6) is 0. The summed E-state index contributed by atoms with van der Waals surface area (Å²) in [5, 5.41) is 0. The predicted molar refractivity (Wildman–Crippen MR) is 49.9 cm³/mol. The molecule has 12 heavy (non-hydrogen) atoms. The minimum absolute atomic E-state index is 0.496. The Morgan fingerprint density at radius 2 is 1.92 bits per heavy atom. The van der Waals surface area contributed by atoms with Crippen molar-refractivity contribution >= 4 is 35.6 Å². The highest BCUT2D eigenvalue weighted by Gasteiger charge is 1.93. The van der Waals surface area contributed by atoms with E-state index in [0.717, 1.165) is 5.52 Å². The zero-order chi connectivity index (χ0) is 8.55. The number of H-pyrrole nitrogens is 2. The zero-order valence-electron chi connectivity index (χ0n) is 5.87. The fourth-order valence-electron chi connectivity index (χ4n) is 0.864. The molecule has 0 aliphatic heterocycles. The van der Waals surface area contributed by atoms with Crippen molar-refractivity contribution in [3.63, 3.8) is 0 Å². The van der Waals surface area contributed by atoms with Crippen LogP contribution in [0.1, 0.15) is 0 Å². The number of aromatic nitrogens is 4. The van der Waals surface area contributed by atoms with Gasteiger partial charge in [0.05, 0.1) is 6.20 Å². The van der Waals surface area contributed by atoms with Gasteiger partial charge < -0.3 is 9.97 Å². The first-order valence-electron chi connectivity index (χ1n) is 3.20. The molecule has 0 radical (unpaired) electrons. The monoisotopic (exact) mass is 196 g/mol. The van der Waals surface area contributed by atoms with Crippen molar-refractivity contribution in [2.45, 2.75) is 0 Å². The lowest BCUT2D eigenvalue weighted by Crippen LogP contribution is -1.89. The van der Waals surface area contributed by atoms with Crippen LogP contribution in [0.2, 0.25) is 0 Å². The second-order valence-electron chi connectivity index (χ2n) is 2.19. The van der Waals surface area contributed by atoms with Crippen molar-refractivity contribution < 1.29 is 0 Å². The molecule has 2 heterocycles. The van der Waals surface area contributed by atoms with Gasteiger partial charge in [-0.15, -0.1) is 0 Å². The van der Waals surface area contributed by atoms with Crippen LogP contribution >= 0.6 is 24.4 Å². The van der Waals surface area contributed by atoms with Gasteiger partial charge in [-0.2, -0.15) is 0 Å². The van der Waals surface area contributed by atoms with E-state index in [-0.39, 0.29) is 0 Å². The molecule has 0 aliphatic carbocycles. The van der Waals surface area contributed by atoms with Crippen molar-refractivity contribution in [1.82, 2.24) is 19.9 Å². The molecule has 0 unspecified atom stereocenters. The van der Waals surface area contributed by atoms with Crippen LogP contribution in [-0.2, 0) is 0 Å². The first-order valence-corrected chi connectivity index (χ1v) is 4.01. The van der Waals surface area contributed by atoms with Crippen LogP contribution in [0.3, 0.4) is 0 Å². The minimum Gasteiger partial charge on any atom is -0.340 e. The Labute approximate surface area is 77.7 Å². The van der Waals surface area contributed by atoms with Crippen LogP contribution in [-0.4, -0.2) is 19.9 Å². The summed E-state index contributed by atoms with van der Waals surface area (Å²) in [7, 11) is 0. The number of hydrogen-bond acceptors (Lipinski definition) is 4. The highest BCUT2D eigenvalue weighted by molar-refractivity contribution is 7.73. The standard InChI is InChI=1S/C6H4N4S2/c11-5-6(12)10-4-3(9-5)1-7-2-8-4/h1-2H,(H,9,11)(H,7,8,10,12). The van der Waals surface area contributed by atoms with Crippen LogP contribution in [0.5, 0.6) is 0 Å². The molecule has 2 rings (SSSR count). The third-order valence-electron chi connectivity index (χ3n) is 1.40. The number of hydrogen-bond donors (Lipinski definition) is 2. The lowest BCUT2D eigenvalue weighted by Gasteiger charge is -1.94. The summed E-state index contributed by atoms with van der Waals surface area (Å²) in [6, 6.07) is 0. The molecule has 0 spiro atoms. The van der Waals surface area contributed by atoms with E-state index in [1.165, 1.54) is 6.33 Å². The van der Waals surface area contributed by atoms with Gasteiger partial charge in [0.25, 0.3) is 0 Å². The Kier molecular flexibility index (Phi) is 1.70. The number of fused-ring (bicyclic) bond motifs is 1. The van der Waals surface area contributed by atoms with Crippen LogP contribution in [0, 0.1) is 9.28 Å². The average Bonchev–Trinajstić information content (AvgIpc) is 2.07. The molecule has 0 fully saturated rings. The lowest BCUT2D eigenvalue weighted by molar-refractivity contribution is 1.13. The van der Waals surface area contributed by atoms with E-state index in [0.29, 0.717) is 14.9 Å². The summed E-state index contributed by atoms with van der Waals surface area (Å²) in [5.41, 5.74) is 1.43. The Hall–Kier alpha value is -1.14. The molecule has 0 amide bonds. The minimum atomic E-state index is 0.496. The van der Waals surface area contributed by atoms with Gasteiger partial charge in [0.2, 0.25) is 0 Å². The molecule has 0 saturated carbocycles. The van der Waals surface area contributed by atoms with E-state index in [1.807, 2.05) is 0 Å². The summed E-state index contributed by atoms with van der Waals surface area (Å²) < 4.78 is 1.00. The molecule has 2 aromatic heterocycles. The van der Waals surface area contributed by atoms with Gasteiger partial charge in [0.15, 0.2) is 5.65 Å². The van der Waals surface area contributed by atoms with Crippen LogP contribution in [0.15, 0.2) is 12.5 Å². The Morgan fingerprint density at radius 1 is 1.17 bits per heavy atom. The molecule has 60 valence electrons. The van der Waals surface area contributed by atoms with Gasteiger partial charge in [0, 0.05) is 0 Å². The van der Waals surface area contributed by atoms with Crippen molar-refractivity contribution in [1.29, 1.82) is 0 Å². The van der Waals surface area contributed by atoms with Gasteiger partial charge in [-0.25, -0.2) is 9.97 Å². The molecule has 2 aromatic rings. The van der Waals surface area contributed by atoms with Crippen LogP contribution in [0.4, 0.5) is 0 Å². The van der Waals surface area contributed by atoms with Crippen molar-refractivity contribution in [3.8, 4) is 0 Å². The fourth-order valence-corrected chi connectivity index (χ4v) is 1.17. The third-order valence-corrected chi connectivity index (χ3v) is 2.14. The van der Waals surface area contributed by atoms with Gasteiger partial charge in [0.1, 0.15) is 21.1 Å². The van der Waals surface area contributed by atoms with E-state index >= 15 is 0 Å². The number of rotatable bonds is 0. The molecule has 0 saturated heterocycles. The molecular weight excluding hydrogens is 192 g/mol. The maximum atomic E-state index is 4.93. The molecule has 0 aliphatic rings. The van der Waals surface area contributed by atoms with Crippen molar-refractivity contribution in [3.05, 3.63) is 21.8 Å². The smallest absolute Gasteiger partial charge is 0.158 e. The summed E-state index contributed by atoms with van der Waals surface area (Å²) in [4.78, 5) is 13.6. The molecule has 4 nitrogen and oxygen atoms in total. The maximum absolute atomic E-state index is 4.93. The highest BCUT2D eigenvalue weighted by Crippen LogP contribution is 2.02. The van der Waals surface area contributed by atoms with E-state index < -0.39 is 0 Å².